The number of rotatable bonds is 9. The Hall–Kier alpha value is -2.01. The molecule has 0 bridgehead atoms. The molecular formula is C22H27NO3S. The smallest absolute Gasteiger partial charge is 0.174 e. The predicted octanol–water partition coefficient (Wildman–Crippen LogP) is 5.16. The van der Waals surface area contributed by atoms with E-state index in [4.69, 9.17) is 4.74 Å². The molecule has 0 spiro atoms. The van der Waals surface area contributed by atoms with E-state index in [9.17, 15) is 9.59 Å². The molecule has 0 saturated heterocycles. The number of aryl methyl sites for hydroxylation is 1. The third kappa shape index (κ3) is 4.46. The quantitative estimate of drug-likeness (QED) is 0.560. The topological polar surface area (TPSA) is 48.3 Å². The minimum absolute atomic E-state index is 0.0351. The van der Waals surface area contributed by atoms with E-state index in [2.05, 4.69) is 11.5 Å². The molecule has 0 unspecified atom stereocenters. The van der Waals surface area contributed by atoms with Crippen LogP contribution in [-0.4, -0.2) is 28.5 Å². The average Bonchev–Trinajstić information content (AvgIpc) is 3.41. The summed E-state index contributed by atoms with van der Waals surface area (Å²) in [6, 6.07) is 8.13. The van der Waals surface area contributed by atoms with Gasteiger partial charge in [-0.15, -0.1) is 11.8 Å². The highest BCUT2D eigenvalue weighted by atomic mass is 32.2. The Morgan fingerprint density at radius 3 is 2.59 bits per heavy atom. The van der Waals surface area contributed by atoms with Crippen molar-refractivity contribution in [3.63, 3.8) is 0 Å². The van der Waals surface area contributed by atoms with Crippen molar-refractivity contribution in [2.75, 3.05) is 12.4 Å². The molecule has 1 aliphatic carbocycles. The number of hydrogen-bond donors (Lipinski definition) is 0. The number of carbonyl (C=O) groups excluding carboxylic acids is 2. The largest absolute Gasteiger partial charge is 0.494 e. The zero-order chi connectivity index (χ0) is 19.6. The maximum absolute atomic E-state index is 12.7. The van der Waals surface area contributed by atoms with E-state index in [1.54, 1.807) is 24.8 Å². The lowest BCUT2D eigenvalue weighted by Crippen LogP contribution is -2.06. The first kappa shape index (κ1) is 19.7. The van der Waals surface area contributed by atoms with Crippen molar-refractivity contribution in [1.82, 2.24) is 4.57 Å². The van der Waals surface area contributed by atoms with Gasteiger partial charge in [0.2, 0.25) is 0 Å². The third-order valence-electron chi connectivity index (χ3n) is 4.95. The molecule has 0 aliphatic heterocycles. The fraction of sp³-hybridized carbons (Fsp3) is 0.455. The number of benzene rings is 1. The van der Waals surface area contributed by atoms with Gasteiger partial charge in [0, 0.05) is 39.9 Å². The molecule has 1 heterocycles. The Balaban J connectivity index is 1.67. The molecule has 3 rings (SSSR count). The van der Waals surface area contributed by atoms with E-state index in [1.165, 1.54) is 18.5 Å². The molecular weight excluding hydrogens is 358 g/mol. The molecule has 1 aromatic heterocycles. The van der Waals surface area contributed by atoms with Crippen LogP contribution in [-0.2, 0) is 5.75 Å². The van der Waals surface area contributed by atoms with E-state index in [1.807, 2.05) is 32.0 Å². The Morgan fingerprint density at radius 1 is 1.22 bits per heavy atom. The number of nitrogens with zero attached hydrogens (tertiary/aromatic N) is 1. The van der Waals surface area contributed by atoms with E-state index in [0.717, 1.165) is 22.6 Å². The molecule has 0 N–H and O–H groups in total. The highest BCUT2D eigenvalue weighted by molar-refractivity contribution is 7.99. The van der Waals surface area contributed by atoms with Gasteiger partial charge < -0.3 is 9.30 Å². The highest BCUT2D eigenvalue weighted by Crippen LogP contribution is 2.38. The standard InChI is InChI=1S/C22H27NO3S/c1-5-26-22-9-6-17(16(4)24)11-18(22)12-27-13-21(25)20-10-14(2)23(15(20)3)19-7-8-19/h6,9-11,19H,5,7-8,12-13H2,1-4H3. The van der Waals surface area contributed by atoms with Crippen molar-refractivity contribution in [2.24, 2.45) is 0 Å². The van der Waals surface area contributed by atoms with Gasteiger partial charge in [0.25, 0.3) is 0 Å². The molecule has 4 nitrogen and oxygen atoms in total. The highest BCUT2D eigenvalue weighted by Gasteiger charge is 2.28. The molecule has 0 amide bonds. The van der Waals surface area contributed by atoms with E-state index < -0.39 is 0 Å². The van der Waals surface area contributed by atoms with Gasteiger partial charge in [0.15, 0.2) is 11.6 Å². The summed E-state index contributed by atoms with van der Waals surface area (Å²) in [5.74, 6) is 2.05. The lowest BCUT2D eigenvalue weighted by molar-refractivity contribution is 0.101. The van der Waals surface area contributed by atoms with Crippen molar-refractivity contribution >= 4 is 23.3 Å². The summed E-state index contributed by atoms with van der Waals surface area (Å²) in [6.07, 6.45) is 2.43. The molecule has 0 atom stereocenters. The normalized spacial score (nSPS) is 13.6. The summed E-state index contributed by atoms with van der Waals surface area (Å²) in [4.78, 5) is 24.4. The first-order chi connectivity index (χ1) is 12.9. The summed E-state index contributed by atoms with van der Waals surface area (Å²) in [5, 5.41) is 0. The third-order valence-corrected chi connectivity index (χ3v) is 5.94. The summed E-state index contributed by atoms with van der Waals surface area (Å²) in [6.45, 7) is 8.20. The second kappa shape index (κ2) is 8.34. The van der Waals surface area contributed by atoms with Crippen LogP contribution in [0.3, 0.4) is 0 Å². The Morgan fingerprint density at radius 2 is 1.96 bits per heavy atom. The lowest BCUT2D eigenvalue weighted by atomic mass is 10.1. The Kier molecular flexibility index (Phi) is 6.10. The molecule has 2 aromatic rings. The van der Waals surface area contributed by atoms with Crippen LogP contribution in [0.1, 0.15) is 70.4 Å². The van der Waals surface area contributed by atoms with Gasteiger partial charge in [-0.05, 0) is 64.8 Å². The van der Waals surface area contributed by atoms with Crippen molar-refractivity contribution in [1.29, 1.82) is 0 Å². The Bertz CT molecular complexity index is 865. The maximum atomic E-state index is 12.7. The molecule has 144 valence electrons. The van der Waals surface area contributed by atoms with Crippen LogP contribution in [0.2, 0.25) is 0 Å². The number of ether oxygens (including phenoxy) is 1. The molecule has 5 heteroatoms. The second-order valence-corrected chi connectivity index (χ2v) is 8.10. The number of aromatic nitrogens is 1. The minimum Gasteiger partial charge on any atom is -0.494 e. The van der Waals surface area contributed by atoms with Crippen LogP contribution in [0.5, 0.6) is 5.75 Å². The monoisotopic (exact) mass is 385 g/mol. The van der Waals surface area contributed by atoms with Crippen LogP contribution in [0.25, 0.3) is 0 Å². The van der Waals surface area contributed by atoms with Crippen molar-refractivity contribution < 1.29 is 14.3 Å². The fourth-order valence-corrected chi connectivity index (χ4v) is 4.38. The summed E-state index contributed by atoms with van der Waals surface area (Å²) in [5.41, 5.74) is 4.75. The summed E-state index contributed by atoms with van der Waals surface area (Å²) < 4.78 is 7.98. The number of hydrogen-bond acceptors (Lipinski definition) is 4. The van der Waals surface area contributed by atoms with Gasteiger partial charge in [-0.2, -0.15) is 0 Å². The summed E-state index contributed by atoms with van der Waals surface area (Å²) in [7, 11) is 0. The van der Waals surface area contributed by atoms with Gasteiger partial charge in [-0.25, -0.2) is 0 Å². The van der Waals surface area contributed by atoms with Gasteiger partial charge in [-0.3, -0.25) is 9.59 Å². The van der Waals surface area contributed by atoms with Gasteiger partial charge in [-0.1, -0.05) is 0 Å². The van der Waals surface area contributed by atoms with Crippen molar-refractivity contribution in [3.8, 4) is 5.75 Å². The van der Waals surface area contributed by atoms with Gasteiger partial charge in [0.1, 0.15) is 5.75 Å². The fourth-order valence-electron chi connectivity index (χ4n) is 3.49. The molecule has 1 aromatic carbocycles. The number of ketones is 2. The molecule has 1 aliphatic rings. The number of Topliss-reactive ketones (excluding diaryl/α,β-unsaturated/α-hetero) is 2. The van der Waals surface area contributed by atoms with Gasteiger partial charge >= 0.3 is 0 Å². The van der Waals surface area contributed by atoms with Crippen LogP contribution < -0.4 is 4.74 Å². The number of thioether (sulfide) groups is 1. The van der Waals surface area contributed by atoms with Crippen molar-refractivity contribution in [2.45, 2.75) is 52.3 Å². The van der Waals surface area contributed by atoms with E-state index >= 15 is 0 Å². The first-order valence-corrected chi connectivity index (χ1v) is 10.6. The van der Waals surface area contributed by atoms with Crippen molar-refractivity contribution in [3.05, 3.63) is 52.3 Å². The maximum Gasteiger partial charge on any atom is 0.174 e. The van der Waals surface area contributed by atoms with Crippen LogP contribution in [0.4, 0.5) is 0 Å². The summed E-state index contributed by atoms with van der Waals surface area (Å²) >= 11 is 1.57. The van der Waals surface area contributed by atoms with E-state index in [-0.39, 0.29) is 11.6 Å². The van der Waals surface area contributed by atoms with Gasteiger partial charge in [0.05, 0.1) is 12.4 Å². The molecule has 27 heavy (non-hydrogen) atoms. The molecule has 0 radical (unpaired) electrons. The SMILES string of the molecule is CCOc1ccc(C(C)=O)cc1CSCC(=O)c1cc(C)n(C2CC2)c1C. The predicted molar refractivity (Wildman–Crippen MR) is 110 cm³/mol. The zero-order valence-electron chi connectivity index (χ0n) is 16.5. The molecule has 1 saturated carbocycles. The minimum atomic E-state index is 0.0351. The average molecular weight is 386 g/mol. The lowest BCUT2D eigenvalue weighted by Gasteiger charge is -2.11. The molecule has 1 fully saturated rings. The second-order valence-electron chi connectivity index (χ2n) is 7.11. The van der Waals surface area contributed by atoms with Crippen LogP contribution in [0, 0.1) is 13.8 Å². The van der Waals surface area contributed by atoms with Crippen LogP contribution in [0.15, 0.2) is 24.3 Å². The first-order valence-electron chi connectivity index (χ1n) is 9.48. The number of carbonyl (C=O) groups is 2. The zero-order valence-corrected chi connectivity index (χ0v) is 17.3. The van der Waals surface area contributed by atoms with E-state index in [0.29, 0.717) is 29.7 Å². The Labute approximate surface area is 165 Å². The van der Waals surface area contributed by atoms with Crippen LogP contribution >= 0.6 is 11.8 Å².